The molecule has 2 aromatic rings. The summed E-state index contributed by atoms with van der Waals surface area (Å²) in [5.41, 5.74) is 2.36. The Hall–Kier alpha value is -2.49. The molecule has 0 bridgehead atoms. The molecule has 1 unspecified atom stereocenters. The summed E-state index contributed by atoms with van der Waals surface area (Å²) in [7, 11) is 1.37. The highest BCUT2D eigenvalue weighted by Crippen LogP contribution is 2.42. The monoisotopic (exact) mass is 340 g/mol. The van der Waals surface area contributed by atoms with E-state index in [0.29, 0.717) is 17.1 Å². The van der Waals surface area contributed by atoms with E-state index in [4.69, 9.17) is 14.2 Å². The molecule has 3 rings (SSSR count). The van der Waals surface area contributed by atoms with Gasteiger partial charge in [-0.1, -0.05) is 30.3 Å². The Balaban J connectivity index is 1.87. The van der Waals surface area contributed by atoms with E-state index in [1.54, 1.807) is 12.1 Å². The number of fused-ring (bicyclic) bond motifs is 1. The van der Waals surface area contributed by atoms with Gasteiger partial charge >= 0.3 is 5.97 Å². The van der Waals surface area contributed by atoms with Crippen LogP contribution in [0.15, 0.2) is 42.5 Å². The molecule has 0 aliphatic carbocycles. The molecular formula is C21H24O4. The van der Waals surface area contributed by atoms with E-state index in [1.165, 1.54) is 12.7 Å². The van der Waals surface area contributed by atoms with Crippen molar-refractivity contribution in [1.29, 1.82) is 0 Å². The van der Waals surface area contributed by atoms with Crippen LogP contribution in [0.25, 0.3) is 0 Å². The topological polar surface area (TPSA) is 44.8 Å². The van der Waals surface area contributed by atoms with Crippen LogP contribution in [0.4, 0.5) is 0 Å². The number of methoxy groups -OCH3 is 1. The minimum absolute atomic E-state index is 0.0249. The van der Waals surface area contributed by atoms with Gasteiger partial charge < -0.3 is 14.2 Å². The predicted octanol–water partition coefficient (Wildman–Crippen LogP) is 4.20. The van der Waals surface area contributed by atoms with Crippen LogP contribution in [0.1, 0.15) is 42.3 Å². The van der Waals surface area contributed by atoms with Gasteiger partial charge in [-0.15, -0.1) is 0 Å². The first-order valence-corrected chi connectivity index (χ1v) is 8.53. The first kappa shape index (κ1) is 17.3. The third-order valence-corrected chi connectivity index (χ3v) is 4.27. The second-order valence-electron chi connectivity index (χ2n) is 7.10. The smallest absolute Gasteiger partial charge is 0.338 e. The van der Waals surface area contributed by atoms with Crippen LogP contribution >= 0.6 is 0 Å². The van der Waals surface area contributed by atoms with E-state index in [0.717, 1.165) is 18.4 Å². The number of hydrogen-bond donors (Lipinski definition) is 0. The number of carbonyl (C=O) groups is 1. The largest absolute Gasteiger partial charge is 0.490 e. The van der Waals surface area contributed by atoms with Gasteiger partial charge in [0.2, 0.25) is 0 Å². The lowest BCUT2D eigenvalue weighted by Crippen LogP contribution is -2.24. The van der Waals surface area contributed by atoms with E-state index < -0.39 is 5.97 Å². The summed E-state index contributed by atoms with van der Waals surface area (Å²) in [6, 6.07) is 13.7. The average Bonchev–Trinajstić information content (AvgIpc) is 2.89. The number of benzene rings is 2. The molecule has 0 saturated carbocycles. The Morgan fingerprint density at radius 3 is 2.64 bits per heavy atom. The minimum Gasteiger partial charge on any atom is -0.490 e. The normalized spacial score (nSPS) is 15.8. The molecule has 0 spiro atoms. The fourth-order valence-electron chi connectivity index (χ4n) is 3.19. The van der Waals surface area contributed by atoms with E-state index in [9.17, 15) is 4.79 Å². The number of ether oxygens (including phenoxy) is 3. The molecule has 4 nitrogen and oxygen atoms in total. The molecule has 1 heterocycles. The molecule has 0 saturated heterocycles. The Morgan fingerprint density at radius 2 is 1.96 bits per heavy atom. The molecule has 0 amide bonds. The van der Waals surface area contributed by atoms with Gasteiger partial charge in [0.1, 0.15) is 17.1 Å². The van der Waals surface area contributed by atoms with E-state index in [1.807, 2.05) is 39.0 Å². The molecule has 1 atom stereocenters. The maximum atomic E-state index is 12.0. The third kappa shape index (κ3) is 3.95. The molecule has 25 heavy (non-hydrogen) atoms. The van der Waals surface area contributed by atoms with Crippen molar-refractivity contribution in [2.75, 3.05) is 7.11 Å². The van der Waals surface area contributed by atoms with Gasteiger partial charge in [0.25, 0.3) is 0 Å². The zero-order chi connectivity index (χ0) is 18.0. The van der Waals surface area contributed by atoms with Crippen LogP contribution in [-0.4, -0.2) is 24.8 Å². The summed E-state index contributed by atoms with van der Waals surface area (Å²) in [4.78, 5) is 12.0. The maximum Gasteiger partial charge on any atom is 0.338 e. The highest BCUT2D eigenvalue weighted by atomic mass is 16.5. The summed E-state index contributed by atoms with van der Waals surface area (Å²) in [5.74, 6) is 1.01. The number of esters is 1. The summed E-state index contributed by atoms with van der Waals surface area (Å²) < 4.78 is 17.0. The second kappa shape index (κ2) is 6.79. The number of rotatable bonds is 5. The fraction of sp³-hybridized carbons (Fsp3) is 0.381. The standard InChI is InChI=1S/C21H24O4/c1-14(10-15-8-6-5-7-9-15)24-18-11-16(20(22)23-4)12-19-17(18)13-21(2,3)25-19/h5-9,11-12,14H,10,13H2,1-4H3. The summed E-state index contributed by atoms with van der Waals surface area (Å²) in [5, 5.41) is 0. The summed E-state index contributed by atoms with van der Waals surface area (Å²) >= 11 is 0. The predicted molar refractivity (Wildman–Crippen MR) is 96.4 cm³/mol. The van der Waals surface area contributed by atoms with Crippen molar-refractivity contribution in [1.82, 2.24) is 0 Å². The van der Waals surface area contributed by atoms with Gasteiger partial charge in [0, 0.05) is 18.4 Å². The van der Waals surface area contributed by atoms with Crippen molar-refractivity contribution in [2.24, 2.45) is 0 Å². The lowest BCUT2D eigenvalue weighted by molar-refractivity contribution is 0.0598. The minimum atomic E-state index is -0.392. The number of hydrogen-bond acceptors (Lipinski definition) is 4. The first-order chi connectivity index (χ1) is 11.9. The lowest BCUT2D eigenvalue weighted by atomic mass is 9.99. The fourth-order valence-corrected chi connectivity index (χ4v) is 3.19. The molecule has 4 heteroatoms. The van der Waals surface area contributed by atoms with Crippen molar-refractivity contribution < 1.29 is 19.0 Å². The maximum absolute atomic E-state index is 12.0. The quantitative estimate of drug-likeness (QED) is 0.765. The van der Waals surface area contributed by atoms with Crippen molar-refractivity contribution >= 4 is 5.97 Å². The van der Waals surface area contributed by atoms with Gasteiger partial charge in [-0.05, 0) is 38.5 Å². The van der Waals surface area contributed by atoms with Crippen LogP contribution in [0, 0.1) is 0 Å². The highest BCUT2D eigenvalue weighted by molar-refractivity contribution is 5.90. The van der Waals surface area contributed by atoms with Crippen LogP contribution in [-0.2, 0) is 17.6 Å². The van der Waals surface area contributed by atoms with Crippen LogP contribution in [0.5, 0.6) is 11.5 Å². The molecule has 0 fully saturated rings. The van der Waals surface area contributed by atoms with Crippen molar-refractivity contribution in [3.8, 4) is 11.5 Å². The van der Waals surface area contributed by atoms with Gasteiger partial charge in [-0.3, -0.25) is 0 Å². The van der Waals surface area contributed by atoms with Crippen LogP contribution < -0.4 is 9.47 Å². The molecule has 0 radical (unpaired) electrons. The second-order valence-corrected chi connectivity index (χ2v) is 7.10. The molecule has 1 aliphatic rings. The van der Waals surface area contributed by atoms with Crippen molar-refractivity contribution in [2.45, 2.75) is 45.3 Å². The molecule has 0 N–H and O–H groups in total. The lowest BCUT2D eigenvalue weighted by Gasteiger charge is -2.18. The first-order valence-electron chi connectivity index (χ1n) is 8.53. The zero-order valence-electron chi connectivity index (χ0n) is 15.2. The van der Waals surface area contributed by atoms with Crippen LogP contribution in [0.3, 0.4) is 0 Å². The Kier molecular flexibility index (Phi) is 4.71. The number of carbonyl (C=O) groups excluding carboxylic acids is 1. The van der Waals surface area contributed by atoms with Gasteiger partial charge in [0.05, 0.1) is 18.8 Å². The van der Waals surface area contributed by atoms with Crippen molar-refractivity contribution in [3.05, 3.63) is 59.2 Å². The molecule has 1 aliphatic heterocycles. The molecular weight excluding hydrogens is 316 g/mol. The Bertz CT molecular complexity index is 765. The Morgan fingerprint density at radius 1 is 1.24 bits per heavy atom. The SMILES string of the molecule is COC(=O)c1cc(OC(C)Cc2ccccc2)c2c(c1)OC(C)(C)C2. The summed E-state index contributed by atoms with van der Waals surface area (Å²) in [6.45, 7) is 6.09. The van der Waals surface area contributed by atoms with Gasteiger partial charge in [-0.25, -0.2) is 4.79 Å². The van der Waals surface area contributed by atoms with E-state index in [2.05, 4.69) is 12.1 Å². The van der Waals surface area contributed by atoms with Crippen LogP contribution in [0.2, 0.25) is 0 Å². The highest BCUT2D eigenvalue weighted by Gasteiger charge is 2.34. The average molecular weight is 340 g/mol. The van der Waals surface area contributed by atoms with Crippen molar-refractivity contribution in [3.63, 3.8) is 0 Å². The molecule has 132 valence electrons. The van der Waals surface area contributed by atoms with E-state index >= 15 is 0 Å². The molecule has 0 aromatic heterocycles. The summed E-state index contributed by atoms with van der Waals surface area (Å²) in [6.07, 6.45) is 1.52. The van der Waals surface area contributed by atoms with Gasteiger partial charge in [-0.2, -0.15) is 0 Å². The van der Waals surface area contributed by atoms with E-state index in [-0.39, 0.29) is 11.7 Å². The molecule has 2 aromatic carbocycles. The van der Waals surface area contributed by atoms with Gasteiger partial charge in [0.15, 0.2) is 0 Å². The zero-order valence-corrected chi connectivity index (χ0v) is 15.2. The Labute approximate surface area is 148 Å². The third-order valence-electron chi connectivity index (χ3n) is 4.27.